The largest absolute Gasteiger partial charge is 0.492 e. The number of hydrogen-bond donors (Lipinski definition) is 0. The Bertz CT molecular complexity index is 468. The van der Waals surface area contributed by atoms with Gasteiger partial charge in [-0.1, -0.05) is 0 Å². The molecule has 21 heavy (non-hydrogen) atoms. The number of carbonyl (C=O) groups is 2. The molecule has 1 aromatic carbocycles. The smallest absolute Gasteiger partial charge is 0.410 e. The lowest BCUT2D eigenvalue weighted by Crippen LogP contribution is -2.40. The Balaban J connectivity index is 2.49. The second-order valence-electron chi connectivity index (χ2n) is 5.40. The number of aldehydes is 1. The van der Waals surface area contributed by atoms with Crippen LogP contribution in [0.1, 0.15) is 20.8 Å². The van der Waals surface area contributed by atoms with Gasteiger partial charge in [-0.25, -0.2) is 4.79 Å². The maximum Gasteiger partial charge on any atom is 0.410 e. The third-order valence-corrected chi connectivity index (χ3v) is 3.11. The average molecular weight is 405 g/mol. The van der Waals surface area contributed by atoms with Crippen molar-refractivity contribution in [3.8, 4) is 5.75 Å². The van der Waals surface area contributed by atoms with Crippen molar-refractivity contribution in [2.75, 3.05) is 19.7 Å². The molecular formula is C15H20INO4. The maximum atomic E-state index is 11.9. The fraction of sp³-hybridized carbons (Fsp3) is 0.467. The monoisotopic (exact) mass is 405 g/mol. The zero-order valence-corrected chi connectivity index (χ0v) is 14.6. The normalized spacial score (nSPS) is 10.9. The first kappa shape index (κ1) is 17.7. The van der Waals surface area contributed by atoms with Crippen LogP contribution in [-0.4, -0.2) is 42.6 Å². The first-order chi connectivity index (χ1) is 9.81. The molecular weight excluding hydrogens is 385 g/mol. The summed E-state index contributed by atoms with van der Waals surface area (Å²) in [6, 6.07) is 7.60. The van der Waals surface area contributed by atoms with Crippen LogP contribution in [0.15, 0.2) is 24.3 Å². The number of halogens is 1. The van der Waals surface area contributed by atoms with Crippen molar-refractivity contribution in [2.45, 2.75) is 26.4 Å². The van der Waals surface area contributed by atoms with Crippen LogP contribution in [0.3, 0.4) is 0 Å². The van der Waals surface area contributed by atoms with Crippen molar-refractivity contribution >= 4 is 35.0 Å². The molecule has 0 radical (unpaired) electrons. The highest BCUT2D eigenvalue weighted by molar-refractivity contribution is 14.1. The van der Waals surface area contributed by atoms with Crippen LogP contribution in [0, 0.1) is 3.57 Å². The van der Waals surface area contributed by atoms with E-state index in [0.29, 0.717) is 19.4 Å². The number of rotatable bonds is 6. The van der Waals surface area contributed by atoms with Gasteiger partial charge in [0.1, 0.15) is 24.2 Å². The molecule has 0 spiro atoms. The summed E-state index contributed by atoms with van der Waals surface area (Å²) < 4.78 is 11.9. The van der Waals surface area contributed by atoms with Crippen molar-refractivity contribution in [1.82, 2.24) is 4.90 Å². The van der Waals surface area contributed by atoms with Gasteiger partial charge in [0.25, 0.3) is 0 Å². The van der Waals surface area contributed by atoms with Gasteiger partial charge in [0.05, 0.1) is 13.1 Å². The van der Waals surface area contributed by atoms with E-state index in [4.69, 9.17) is 9.47 Å². The standard InChI is InChI=1S/C15H20INO4/c1-15(2,3)21-14(19)17(8-10-18)9-11-20-13-6-4-12(16)5-7-13/h4-7,10H,8-9,11H2,1-3H3. The Morgan fingerprint density at radius 1 is 1.29 bits per heavy atom. The van der Waals surface area contributed by atoms with E-state index in [0.717, 1.165) is 9.32 Å². The number of nitrogens with zero attached hydrogens (tertiary/aromatic N) is 1. The molecule has 5 nitrogen and oxygen atoms in total. The number of amides is 1. The number of carbonyl (C=O) groups excluding carboxylic acids is 2. The van der Waals surface area contributed by atoms with E-state index in [2.05, 4.69) is 22.6 Å². The van der Waals surface area contributed by atoms with Gasteiger partial charge < -0.3 is 14.3 Å². The lowest BCUT2D eigenvalue weighted by molar-refractivity contribution is -0.109. The summed E-state index contributed by atoms with van der Waals surface area (Å²) >= 11 is 2.21. The lowest BCUT2D eigenvalue weighted by Gasteiger charge is -2.26. The second kappa shape index (κ2) is 8.21. The first-order valence-corrected chi connectivity index (χ1v) is 7.69. The van der Waals surface area contributed by atoms with Crippen molar-refractivity contribution < 1.29 is 19.1 Å². The Morgan fingerprint density at radius 2 is 1.90 bits per heavy atom. The Labute approximate surface area is 138 Å². The fourth-order valence-electron chi connectivity index (χ4n) is 1.48. The van der Waals surface area contributed by atoms with Crippen molar-refractivity contribution in [2.24, 2.45) is 0 Å². The summed E-state index contributed by atoms with van der Waals surface area (Å²) in [6.07, 6.45) is 0.162. The van der Waals surface area contributed by atoms with E-state index in [1.54, 1.807) is 20.8 Å². The number of hydrogen-bond acceptors (Lipinski definition) is 4. The molecule has 0 bridgehead atoms. The van der Waals surface area contributed by atoms with E-state index in [1.165, 1.54) is 4.90 Å². The summed E-state index contributed by atoms with van der Waals surface area (Å²) in [5.41, 5.74) is -0.588. The molecule has 116 valence electrons. The van der Waals surface area contributed by atoms with E-state index < -0.39 is 11.7 Å². The van der Waals surface area contributed by atoms with Crippen LogP contribution in [-0.2, 0) is 9.53 Å². The van der Waals surface area contributed by atoms with Gasteiger partial charge in [0.2, 0.25) is 0 Å². The summed E-state index contributed by atoms with van der Waals surface area (Å²) in [5.74, 6) is 0.727. The second-order valence-corrected chi connectivity index (χ2v) is 6.64. The molecule has 0 unspecified atom stereocenters. The molecule has 0 saturated heterocycles. The van der Waals surface area contributed by atoms with Crippen molar-refractivity contribution in [3.05, 3.63) is 27.8 Å². The fourth-order valence-corrected chi connectivity index (χ4v) is 1.84. The predicted octanol–water partition coefficient (Wildman–Crippen LogP) is 3.11. The van der Waals surface area contributed by atoms with Crippen LogP contribution in [0.25, 0.3) is 0 Å². The molecule has 6 heteroatoms. The Hall–Kier alpha value is -1.31. The Morgan fingerprint density at radius 3 is 2.43 bits per heavy atom. The molecule has 0 fully saturated rings. The molecule has 0 saturated carbocycles. The predicted molar refractivity (Wildman–Crippen MR) is 88.5 cm³/mol. The molecule has 0 N–H and O–H groups in total. The number of ether oxygens (including phenoxy) is 2. The van der Waals surface area contributed by atoms with Gasteiger partial charge >= 0.3 is 6.09 Å². The summed E-state index contributed by atoms with van der Waals surface area (Å²) in [7, 11) is 0. The molecule has 1 amide bonds. The zero-order chi connectivity index (χ0) is 15.9. The van der Waals surface area contributed by atoms with Gasteiger partial charge in [-0.05, 0) is 67.6 Å². The highest BCUT2D eigenvalue weighted by atomic mass is 127. The minimum absolute atomic E-state index is 0.00897. The minimum atomic E-state index is -0.588. The highest BCUT2D eigenvalue weighted by Crippen LogP contribution is 2.14. The van der Waals surface area contributed by atoms with Crippen LogP contribution < -0.4 is 4.74 Å². The van der Waals surface area contributed by atoms with E-state index in [-0.39, 0.29) is 6.54 Å². The third-order valence-electron chi connectivity index (χ3n) is 2.39. The molecule has 0 aliphatic carbocycles. The van der Waals surface area contributed by atoms with Gasteiger partial charge in [-0.3, -0.25) is 4.90 Å². The van der Waals surface area contributed by atoms with Crippen LogP contribution in [0.5, 0.6) is 5.75 Å². The van der Waals surface area contributed by atoms with Crippen LogP contribution in [0.4, 0.5) is 4.79 Å². The molecule has 0 heterocycles. The maximum absolute atomic E-state index is 11.9. The Kier molecular flexibility index (Phi) is 6.94. The summed E-state index contributed by atoms with van der Waals surface area (Å²) in [4.78, 5) is 23.9. The van der Waals surface area contributed by atoms with E-state index >= 15 is 0 Å². The third kappa shape index (κ3) is 7.31. The van der Waals surface area contributed by atoms with Gasteiger partial charge in [0, 0.05) is 3.57 Å². The molecule has 0 atom stereocenters. The van der Waals surface area contributed by atoms with Crippen molar-refractivity contribution in [1.29, 1.82) is 0 Å². The highest BCUT2D eigenvalue weighted by Gasteiger charge is 2.21. The number of benzene rings is 1. The van der Waals surface area contributed by atoms with Crippen LogP contribution >= 0.6 is 22.6 Å². The summed E-state index contributed by atoms with van der Waals surface area (Å²) in [5, 5.41) is 0. The lowest BCUT2D eigenvalue weighted by atomic mass is 10.2. The van der Waals surface area contributed by atoms with Crippen molar-refractivity contribution in [3.63, 3.8) is 0 Å². The molecule has 1 aromatic rings. The SMILES string of the molecule is CC(C)(C)OC(=O)N(CC=O)CCOc1ccc(I)cc1. The first-order valence-electron chi connectivity index (χ1n) is 6.62. The molecule has 0 aliphatic rings. The van der Waals surface area contributed by atoms with E-state index in [9.17, 15) is 9.59 Å². The quantitative estimate of drug-likeness (QED) is 0.539. The van der Waals surface area contributed by atoms with Gasteiger partial charge in [-0.2, -0.15) is 0 Å². The molecule has 0 aliphatic heterocycles. The minimum Gasteiger partial charge on any atom is -0.492 e. The topological polar surface area (TPSA) is 55.8 Å². The molecule has 1 rings (SSSR count). The van der Waals surface area contributed by atoms with Gasteiger partial charge in [0.15, 0.2) is 0 Å². The van der Waals surface area contributed by atoms with E-state index in [1.807, 2.05) is 24.3 Å². The van der Waals surface area contributed by atoms with Crippen LogP contribution in [0.2, 0.25) is 0 Å². The average Bonchev–Trinajstić information content (AvgIpc) is 2.38. The molecule has 0 aromatic heterocycles. The van der Waals surface area contributed by atoms with Gasteiger partial charge in [-0.15, -0.1) is 0 Å². The summed E-state index contributed by atoms with van der Waals surface area (Å²) in [6.45, 7) is 5.93. The zero-order valence-electron chi connectivity index (χ0n) is 12.5.